The van der Waals surface area contributed by atoms with Crippen molar-refractivity contribution in [2.24, 2.45) is 0 Å². The molecule has 0 N–H and O–H groups in total. The summed E-state index contributed by atoms with van der Waals surface area (Å²) < 4.78 is 21.2. The third-order valence-electron chi connectivity index (χ3n) is 2.34. The number of ether oxygens (including phenoxy) is 4. The summed E-state index contributed by atoms with van der Waals surface area (Å²) in [4.78, 5) is 11.9. The van der Waals surface area contributed by atoms with Crippen molar-refractivity contribution in [1.82, 2.24) is 0 Å². The van der Waals surface area contributed by atoms with Gasteiger partial charge in [0.05, 0.1) is 26.9 Å². The maximum atomic E-state index is 11.9. The molecule has 0 radical (unpaired) electrons. The molecule has 0 saturated heterocycles. The minimum atomic E-state index is -0.491. The first kappa shape index (κ1) is 15.1. The van der Waals surface area contributed by atoms with Gasteiger partial charge in [0, 0.05) is 12.1 Å². The summed E-state index contributed by atoms with van der Waals surface area (Å²) in [6.45, 7) is 6.96. The zero-order valence-electron chi connectivity index (χ0n) is 11.8. The van der Waals surface area contributed by atoms with Gasteiger partial charge < -0.3 is 18.9 Å². The van der Waals surface area contributed by atoms with E-state index in [-0.39, 0.29) is 5.56 Å². The monoisotopic (exact) mass is 268 g/mol. The van der Waals surface area contributed by atoms with Crippen molar-refractivity contribution < 1.29 is 23.7 Å². The largest absolute Gasteiger partial charge is 0.494 e. The number of benzene rings is 1. The quantitative estimate of drug-likeness (QED) is 0.712. The molecule has 0 fully saturated rings. The number of hydrogen-bond acceptors (Lipinski definition) is 5. The van der Waals surface area contributed by atoms with Crippen LogP contribution in [-0.4, -0.2) is 32.9 Å². The van der Waals surface area contributed by atoms with E-state index in [4.69, 9.17) is 18.9 Å². The lowest BCUT2D eigenvalue weighted by molar-refractivity contribution is 0.0591. The maximum Gasteiger partial charge on any atom is 0.345 e. The van der Waals surface area contributed by atoms with E-state index in [9.17, 15) is 4.79 Å². The van der Waals surface area contributed by atoms with Gasteiger partial charge in [0.15, 0.2) is 0 Å². The van der Waals surface area contributed by atoms with Crippen LogP contribution in [0.5, 0.6) is 17.2 Å². The third-order valence-corrected chi connectivity index (χ3v) is 2.34. The van der Waals surface area contributed by atoms with Crippen LogP contribution in [0.2, 0.25) is 0 Å². The first-order valence-corrected chi connectivity index (χ1v) is 6.32. The van der Waals surface area contributed by atoms with Crippen LogP contribution in [-0.2, 0) is 4.74 Å². The summed E-state index contributed by atoms with van der Waals surface area (Å²) in [5.41, 5.74) is 0.287. The smallest absolute Gasteiger partial charge is 0.345 e. The molecule has 1 aromatic carbocycles. The van der Waals surface area contributed by atoms with Crippen molar-refractivity contribution in [2.75, 3.05) is 26.9 Å². The number of rotatable bonds is 7. The molecule has 0 aliphatic rings. The van der Waals surface area contributed by atoms with Gasteiger partial charge in [-0.15, -0.1) is 0 Å². The Morgan fingerprint density at radius 3 is 1.79 bits per heavy atom. The van der Waals surface area contributed by atoms with Gasteiger partial charge in [0.2, 0.25) is 0 Å². The summed E-state index contributed by atoms with van der Waals surface area (Å²) >= 11 is 0. The fourth-order valence-corrected chi connectivity index (χ4v) is 1.66. The second kappa shape index (κ2) is 7.51. The minimum absolute atomic E-state index is 0.287. The van der Waals surface area contributed by atoms with Crippen molar-refractivity contribution in [3.8, 4) is 17.2 Å². The van der Waals surface area contributed by atoms with Crippen LogP contribution in [0.3, 0.4) is 0 Å². The first-order chi connectivity index (χ1) is 9.17. The van der Waals surface area contributed by atoms with Gasteiger partial charge in [-0.3, -0.25) is 0 Å². The van der Waals surface area contributed by atoms with Gasteiger partial charge in [0.25, 0.3) is 0 Å². The molecule has 0 aliphatic carbocycles. The molecule has 0 amide bonds. The normalized spacial score (nSPS) is 9.89. The standard InChI is InChI=1S/C14H20O5/c1-5-17-10-8-11(18-6-2)13(14(15)16-4)12(9-10)19-7-3/h8-9H,5-7H2,1-4H3. The Morgan fingerprint density at radius 2 is 1.42 bits per heavy atom. The van der Waals surface area contributed by atoms with Gasteiger partial charge in [-0.25, -0.2) is 4.79 Å². The molecule has 1 aromatic rings. The van der Waals surface area contributed by atoms with E-state index >= 15 is 0 Å². The van der Waals surface area contributed by atoms with E-state index in [1.807, 2.05) is 20.8 Å². The van der Waals surface area contributed by atoms with Gasteiger partial charge in [-0.05, 0) is 20.8 Å². The lowest BCUT2D eigenvalue weighted by Crippen LogP contribution is -2.09. The molecule has 0 aliphatic heterocycles. The van der Waals surface area contributed by atoms with Crippen molar-refractivity contribution >= 4 is 5.97 Å². The van der Waals surface area contributed by atoms with E-state index in [0.29, 0.717) is 37.1 Å². The molecule has 106 valence electrons. The Bertz CT molecular complexity index is 401. The van der Waals surface area contributed by atoms with Crippen LogP contribution in [0.15, 0.2) is 12.1 Å². The molecule has 0 heterocycles. The highest BCUT2D eigenvalue weighted by molar-refractivity contribution is 5.96. The number of esters is 1. The van der Waals surface area contributed by atoms with E-state index < -0.39 is 5.97 Å². The van der Waals surface area contributed by atoms with Crippen molar-refractivity contribution in [1.29, 1.82) is 0 Å². The first-order valence-electron chi connectivity index (χ1n) is 6.32. The highest BCUT2D eigenvalue weighted by atomic mass is 16.5. The lowest BCUT2D eigenvalue weighted by Gasteiger charge is -2.15. The number of carbonyl (C=O) groups excluding carboxylic acids is 1. The Morgan fingerprint density at radius 1 is 0.947 bits per heavy atom. The summed E-state index contributed by atoms with van der Waals surface area (Å²) in [6.07, 6.45) is 0. The lowest BCUT2D eigenvalue weighted by atomic mass is 10.1. The second-order valence-corrected chi connectivity index (χ2v) is 3.59. The van der Waals surface area contributed by atoms with E-state index in [0.717, 1.165) is 0 Å². The van der Waals surface area contributed by atoms with Gasteiger partial charge in [-0.2, -0.15) is 0 Å². The molecule has 5 heteroatoms. The second-order valence-electron chi connectivity index (χ2n) is 3.59. The van der Waals surface area contributed by atoms with Crippen LogP contribution in [0, 0.1) is 0 Å². The van der Waals surface area contributed by atoms with Crippen molar-refractivity contribution in [3.05, 3.63) is 17.7 Å². The Labute approximate surface area is 113 Å². The van der Waals surface area contributed by atoms with Gasteiger partial charge in [-0.1, -0.05) is 0 Å². The SMILES string of the molecule is CCOc1cc(OCC)c(C(=O)OC)c(OCC)c1. The molecule has 0 atom stereocenters. The van der Waals surface area contributed by atoms with E-state index in [1.54, 1.807) is 12.1 Å². The predicted octanol–water partition coefficient (Wildman–Crippen LogP) is 2.67. The molecular weight excluding hydrogens is 248 g/mol. The molecule has 1 rings (SSSR count). The maximum absolute atomic E-state index is 11.9. The Balaban J connectivity index is 3.32. The van der Waals surface area contributed by atoms with Crippen LogP contribution in [0.25, 0.3) is 0 Å². The molecular formula is C14H20O5. The van der Waals surface area contributed by atoms with Crippen molar-refractivity contribution in [3.63, 3.8) is 0 Å². The third kappa shape index (κ3) is 3.77. The molecule has 0 bridgehead atoms. The molecule has 0 aromatic heterocycles. The summed E-state index contributed by atoms with van der Waals surface area (Å²) in [7, 11) is 1.32. The highest BCUT2D eigenvalue weighted by Gasteiger charge is 2.21. The zero-order chi connectivity index (χ0) is 14.3. The summed E-state index contributed by atoms with van der Waals surface area (Å²) in [5, 5.41) is 0. The van der Waals surface area contributed by atoms with Crippen LogP contribution < -0.4 is 14.2 Å². The molecule has 19 heavy (non-hydrogen) atoms. The van der Waals surface area contributed by atoms with Crippen LogP contribution >= 0.6 is 0 Å². The predicted molar refractivity (Wildman–Crippen MR) is 71.3 cm³/mol. The van der Waals surface area contributed by atoms with Gasteiger partial charge >= 0.3 is 5.97 Å². The fourth-order valence-electron chi connectivity index (χ4n) is 1.66. The summed E-state index contributed by atoms with van der Waals surface area (Å²) in [6, 6.07) is 3.34. The number of carbonyl (C=O) groups is 1. The topological polar surface area (TPSA) is 54.0 Å². The van der Waals surface area contributed by atoms with Crippen LogP contribution in [0.4, 0.5) is 0 Å². The highest BCUT2D eigenvalue weighted by Crippen LogP contribution is 2.35. The summed E-state index contributed by atoms with van der Waals surface area (Å²) in [5.74, 6) is 0.921. The van der Waals surface area contributed by atoms with Gasteiger partial charge in [0.1, 0.15) is 22.8 Å². The van der Waals surface area contributed by atoms with E-state index in [1.165, 1.54) is 7.11 Å². The number of hydrogen-bond donors (Lipinski definition) is 0. The zero-order valence-corrected chi connectivity index (χ0v) is 11.8. The molecule has 0 unspecified atom stereocenters. The molecule has 0 spiro atoms. The van der Waals surface area contributed by atoms with Crippen molar-refractivity contribution in [2.45, 2.75) is 20.8 Å². The fraction of sp³-hybridized carbons (Fsp3) is 0.500. The molecule has 5 nitrogen and oxygen atoms in total. The minimum Gasteiger partial charge on any atom is -0.494 e. The Kier molecular flexibility index (Phi) is 5.99. The van der Waals surface area contributed by atoms with E-state index in [2.05, 4.69) is 0 Å². The average molecular weight is 268 g/mol. The number of methoxy groups -OCH3 is 1. The average Bonchev–Trinajstić information content (AvgIpc) is 2.39. The van der Waals surface area contributed by atoms with Crippen LogP contribution in [0.1, 0.15) is 31.1 Å². The Hall–Kier alpha value is -1.91. The molecule has 0 saturated carbocycles.